The molecule has 1 amide bonds. The molecule has 26 heavy (non-hydrogen) atoms. The van der Waals surface area contributed by atoms with Gasteiger partial charge in [0, 0.05) is 30.9 Å². The van der Waals surface area contributed by atoms with Crippen LogP contribution in [0.4, 0.5) is 10.1 Å². The number of rotatable bonds is 6. The van der Waals surface area contributed by atoms with Gasteiger partial charge in [-0.3, -0.25) is 9.48 Å². The number of fused-ring (bicyclic) bond motifs is 1. The Labute approximate surface area is 151 Å². The van der Waals surface area contributed by atoms with E-state index in [2.05, 4.69) is 5.10 Å². The van der Waals surface area contributed by atoms with Gasteiger partial charge in [0.2, 0.25) is 0 Å². The third-order valence-electron chi connectivity index (χ3n) is 4.41. The number of amides is 1. The van der Waals surface area contributed by atoms with E-state index in [9.17, 15) is 14.3 Å². The SMILES string of the molecule is Cn1cc(COc2cc3c(cc2N)CN(C[C@@H](F)C(C)(C)O)C3=O)cn1. The van der Waals surface area contributed by atoms with Gasteiger partial charge >= 0.3 is 0 Å². The van der Waals surface area contributed by atoms with Crippen molar-refractivity contribution in [2.45, 2.75) is 38.8 Å². The van der Waals surface area contributed by atoms with Gasteiger partial charge in [0.05, 0.1) is 24.0 Å². The van der Waals surface area contributed by atoms with Gasteiger partial charge in [-0.25, -0.2) is 4.39 Å². The molecule has 3 N–H and O–H groups in total. The molecule has 1 aromatic carbocycles. The second-order valence-corrected chi connectivity index (χ2v) is 7.16. The van der Waals surface area contributed by atoms with Crippen LogP contribution in [0.3, 0.4) is 0 Å². The molecule has 0 bridgehead atoms. The zero-order valence-electron chi connectivity index (χ0n) is 15.1. The van der Waals surface area contributed by atoms with Crippen molar-refractivity contribution in [1.29, 1.82) is 0 Å². The molecule has 7 nitrogen and oxygen atoms in total. The number of anilines is 1. The summed E-state index contributed by atoms with van der Waals surface area (Å²) < 4.78 is 21.5. The third kappa shape index (κ3) is 3.65. The Balaban J connectivity index is 1.74. The number of hydrogen-bond acceptors (Lipinski definition) is 5. The second-order valence-electron chi connectivity index (χ2n) is 7.16. The molecule has 1 aliphatic heterocycles. The van der Waals surface area contributed by atoms with E-state index in [1.807, 2.05) is 13.2 Å². The maximum Gasteiger partial charge on any atom is 0.254 e. The van der Waals surface area contributed by atoms with E-state index in [0.717, 1.165) is 11.1 Å². The Hall–Kier alpha value is -2.61. The number of aryl methyl sites for hydroxylation is 1. The minimum absolute atomic E-state index is 0.178. The van der Waals surface area contributed by atoms with Crippen molar-refractivity contribution >= 4 is 11.6 Å². The molecule has 0 spiro atoms. The van der Waals surface area contributed by atoms with Gasteiger partial charge in [0.25, 0.3) is 5.91 Å². The van der Waals surface area contributed by atoms with E-state index in [1.165, 1.54) is 18.7 Å². The summed E-state index contributed by atoms with van der Waals surface area (Å²) >= 11 is 0. The molecule has 1 atom stereocenters. The molecule has 0 radical (unpaired) electrons. The van der Waals surface area contributed by atoms with Crippen molar-refractivity contribution in [3.05, 3.63) is 41.2 Å². The molecule has 3 rings (SSSR count). The van der Waals surface area contributed by atoms with Crippen LogP contribution >= 0.6 is 0 Å². The van der Waals surface area contributed by atoms with Gasteiger partial charge in [-0.05, 0) is 31.5 Å². The van der Waals surface area contributed by atoms with Crippen molar-refractivity contribution in [2.24, 2.45) is 7.05 Å². The summed E-state index contributed by atoms with van der Waals surface area (Å²) in [5.74, 6) is 0.111. The van der Waals surface area contributed by atoms with E-state index in [4.69, 9.17) is 10.5 Å². The number of hydrogen-bond donors (Lipinski definition) is 2. The summed E-state index contributed by atoms with van der Waals surface area (Å²) in [6.45, 7) is 3.13. The second kappa shape index (κ2) is 6.60. The molecule has 140 valence electrons. The zero-order valence-corrected chi connectivity index (χ0v) is 15.1. The lowest BCUT2D eigenvalue weighted by Gasteiger charge is -2.26. The maximum absolute atomic E-state index is 14.1. The number of nitrogens with zero attached hydrogens (tertiary/aromatic N) is 3. The molecule has 2 heterocycles. The van der Waals surface area contributed by atoms with Crippen molar-refractivity contribution in [3.63, 3.8) is 0 Å². The molecule has 8 heteroatoms. The summed E-state index contributed by atoms with van der Waals surface area (Å²) in [5.41, 5.74) is 7.00. The highest BCUT2D eigenvalue weighted by molar-refractivity contribution is 5.99. The number of nitrogen functional groups attached to an aromatic ring is 1. The monoisotopic (exact) mass is 362 g/mol. The van der Waals surface area contributed by atoms with Gasteiger partial charge in [-0.15, -0.1) is 0 Å². The number of aliphatic hydroxyl groups is 1. The predicted octanol–water partition coefficient (Wildman–Crippen LogP) is 1.65. The standard InChI is InChI=1S/C18H23FN4O3/c1-18(2,25)16(19)9-23-8-12-4-14(20)15(5-13(12)17(23)24)26-10-11-6-21-22(3)7-11/h4-7,16,25H,8-10,20H2,1-3H3/t16-/m1/s1. The van der Waals surface area contributed by atoms with E-state index in [-0.39, 0.29) is 25.6 Å². The number of aromatic nitrogens is 2. The van der Waals surface area contributed by atoms with Crippen LogP contribution in [0.15, 0.2) is 24.5 Å². The van der Waals surface area contributed by atoms with Gasteiger partial charge in [0.1, 0.15) is 18.5 Å². The topological polar surface area (TPSA) is 93.6 Å². The van der Waals surface area contributed by atoms with Crippen molar-refractivity contribution in [2.75, 3.05) is 12.3 Å². The average Bonchev–Trinajstić information content (AvgIpc) is 3.08. The van der Waals surface area contributed by atoms with E-state index < -0.39 is 11.8 Å². The highest BCUT2D eigenvalue weighted by Gasteiger charge is 2.35. The first-order valence-electron chi connectivity index (χ1n) is 8.33. The third-order valence-corrected chi connectivity index (χ3v) is 4.41. The van der Waals surface area contributed by atoms with Crippen LogP contribution < -0.4 is 10.5 Å². The fourth-order valence-electron chi connectivity index (χ4n) is 2.82. The number of nitrogens with two attached hydrogens (primary N) is 1. The summed E-state index contributed by atoms with van der Waals surface area (Å²) in [5, 5.41) is 13.8. The Morgan fingerprint density at radius 3 is 2.81 bits per heavy atom. The molecule has 2 aromatic rings. The number of carbonyl (C=O) groups is 1. The highest BCUT2D eigenvalue weighted by atomic mass is 19.1. The van der Waals surface area contributed by atoms with Crippen LogP contribution in [0.2, 0.25) is 0 Å². The number of halogens is 1. The first kappa shape index (κ1) is 18.2. The van der Waals surface area contributed by atoms with E-state index in [0.29, 0.717) is 17.0 Å². The number of benzene rings is 1. The summed E-state index contributed by atoms with van der Waals surface area (Å²) in [4.78, 5) is 13.9. The average molecular weight is 362 g/mol. The maximum atomic E-state index is 14.1. The lowest BCUT2D eigenvalue weighted by molar-refractivity contribution is -0.0159. The van der Waals surface area contributed by atoms with Gasteiger partial charge < -0.3 is 20.5 Å². The normalized spacial score (nSPS) is 15.3. The molecular weight excluding hydrogens is 339 g/mol. The molecule has 0 saturated carbocycles. The van der Waals surface area contributed by atoms with Crippen molar-refractivity contribution in [3.8, 4) is 5.75 Å². The van der Waals surface area contributed by atoms with Crippen LogP contribution in [-0.4, -0.2) is 44.0 Å². The molecule has 0 unspecified atom stereocenters. The molecule has 1 aliphatic rings. The molecule has 0 saturated heterocycles. The highest BCUT2D eigenvalue weighted by Crippen LogP contribution is 2.33. The number of carbonyl (C=O) groups excluding carboxylic acids is 1. The largest absolute Gasteiger partial charge is 0.487 e. The van der Waals surface area contributed by atoms with Gasteiger partial charge in [-0.1, -0.05) is 0 Å². The Kier molecular flexibility index (Phi) is 4.62. The van der Waals surface area contributed by atoms with Crippen LogP contribution in [0.5, 0.6) is 5.75 Å². The minimum Gasteiger partial charge on any atom is -0.487 e. The smallest absolute Gasteiger partial charge is 0.254 e. The van der Waals surface area contributed by atoms with Crippen molar-refractivity contribution < 1.29 is 19.0 Å². The predicted molar refractivity (Wildman–Crippen MR) is 94.3 cm³/mol. The minimum atomic E-state index is -1.54. The van der Waals surface area contributed by atoms with E-state index >= 15 is 0 Å². The summed E-state index contributed by atoms with van der Waals surface area (Å²) in [6, 6.07) is 3.28. The molecule has 0 fully saturated rings. The van der Waals surface area contributed by atoms with Crippen LogP contribution in [0, 0.1) is 0 Å². The van der Waals surface area contributed by atoms with Crippen LogP contribution in [0.25, 0.3) is 0 Å². The Bertz CT molecular complexity index is 828. The van der Waals surface area contributed by atoms with Crippen LogP contribution in [0.1, 0.15) is 35.3 Å². The fourth-order valence-corrected chi connectivity index (χ4v) is 2.82. The lowest BCUT2D eigenvalue weighted by Crippen LogP contribution is -2.42. The van der Waals surface area contributed by atoms with Gasteiger partial charge in [-0.2, -0.15) is 5.10 Å². The quantitative estimate of drug-likeness (QED) is 0.762. The Morgan fingerprint density at radius 1 is 1.46 bits per heavy atom. The van der Waals surface area contributed by atoms with Crippen LogP contribution in [-0.2, 0) is 20.2 Å². The Morgan fingerprint density at radius 2 is 2.19 bits per heavy atom. The number of ether oxygens (including phenoxy) is 1. The summed E-state index contributed by atoms with van der Waals surface area (Å²) in [6.07, 6.45) is 1.97. The fraction of sp³-hybridized carbons (Fsp3) is 0.444. The first-order valence-corrected chi connectivity index (χ1v) is 8.33. The first-order chi connectivity index (χ1) is 12.1. The summed E-state index contributed by atoms with van der Waals surface area (Å²) in [7, 11) is 1.81. The lowest BCUT2D eigenvalue weighted by atomic mass is 10.0. The molecule has 0 aliphatic carbocycles. The van der Waals surface area contributed by atoms with E-state index in [1.54, 1.807) is 23.0 Å². The molecular formula is C18H23FN4O3. The zero-order chi connectivity index (χ0) is 19.1. The number of alkyl halides is 1. The molecule has 1 aromatic heterocycles. The van der Waals surface area contributed by atoms with Crippen molar-refractivity contribution in [1.82, 2.24) is 14.7 Å². The van der Waals surface area contributed by atoms with Gasteiger partial charge in [0.15, 0.2) is 0 Å².